The van der Waals surface area contributed by atoms with Crippen LogP contribution in [-0.4, -0.2) is 43.0 Å². The Balaban J connectivity index is 3.74. The lowest BCUT2D eigenvalue weighted by Crippen LogP contribution is -2.26. The molecule has 12 heavy (non-hydrogen) atoms. The van der Waals surface area contributed by atoms with Crippen molar-refractivity contribution in [2.24, 2.45) is 10.7 Å². The summed E-state index contributed by atoms with van der Waals surface area (Å²) in [6.07, 6.45) is 3.30. The molecular formula is C8H17N3O. The van der Waals surface area contributed by atoms with Crippen LogP contribution in [0.5, 0.6) is 0 Å². The van der Waals surface area contributed by atoms with Crippen molar-refractivity contribution in [2.45, 2.75) is 6.92 Å². The van der Waals surface area contributed by atoms with Gasteiger partial charge in [-0.15, -0.1) is 0 Å². The summed E-state index contributed by atoms with van der Waals surface area (Å²) in [5.74, 6) is 0. The van der Waals surface area contributed by atoms with Crippen LogP contribution in [0.4, 0.5) is 0 Å². The first kappa shape index (κ1) is 11.1. The normalized spacial score (nSPS) is 13.2. The number of nitrogens with zero attached hydrogens (tertiary/aromatic N) is 2. The number of nitrogens with two attached hydrogens (primary N) is 1. The number of likely N-dealkylation sites (N-methyl/N-ethyl adjacent to an activating group) is 1. The molecular weight excluding hydrogens is 154 g/mol. The highest BCUT2D eigenvalue weighted by atomic mass is 16.3. The van der Waals surface area contributed by atoms with Crippen LogP contribution in [0, 0.1) is 0 Å². The van der Waals surface area contributed by atoms with E-state index in [4.69, 9.17) is 10.8 Å². The van der Waals surface area contributed by atoms with E-state index < -0.39 is 0 Å². The van der Waals surface area contributed by atoms with Gasteiger partial charge in [-0.1, -0.05) is 0 Å². The number of rotatable bonds is 5. The molecule has 70 valence electrons. The Morgan fingerprint density at radius 1 is 1.67 bits per heavy atom. The van der Waals surface area contributed by atoms with Gasteiger partial charge >= 0.3 is 0 Å². The standard InChI is InChI=1S/C8H17N3O/c1-3-10-6-8(9)7-11(2)4-5-12/h3,6,12H,4-5,7,9H2,1-2H3/b8-6-,10-3?. The van der Waals surface area contributed by atoms with Crippen LogP contribution >= 0.6 is 0 Å². The summed E-state index contributed by atoms with van der Waals surface area (Å²) in [6, 6.07) is 0. The van der Waals surface area contributed by atoms with Gasteiger partial charge in [0.15, 0.2) is 0 Å². The summed E-state index contributed by atoms with van der Waals surface area (Å²) >= 11 is 0. The molecule has 0 atom stereocenters. The Kier molecular flexibility index (Phi) is 6.32. The van der Waals surface area contributed by atoms with E-state index in [0.29, 0.717) is 18.8 Å². The molecule has 0 aliphatic heterocycles. The molecule has 0 aromatic heterocycles. The van der Waals surface area contributed by atoms with E-state index in [9.17, 15) is 0 Å². The molecule has 0 heterocycles. The molecule has 0 amide bonds. The summed E-state index contributed by atoms with van der Waals surface area (Å²) < 4.78 is 0. The maximum atomic E-state index is 8.59. The molecule has 0 spiro atoms. The lowest BCUT2D eigenvalue weighted by Gasteiger charge is -2.14. The quantitative estimate of drug-likeness (QED) is 0.563. The lowest BCUT2D eigenvalue weighted by molar-refractivity contribution is 0.230. The molecule has 0 unspecified atom stereocenters. The van der Waals surface area contributed by atoms with E-state index in [-0.39, 0.29) is 6.61 Å². The third-order valence-corrected chi connectivity index (χ3v) is 1.32. The molecule has 0 aliphatic rings. The van der Waals surface area contributed by atoms with Gasteiger partial charge in [-0.05, 0) is 14.0 Å². The van der Waals surface area contributed by atoms with Crippen LogP contribution in [0.15, 0.2) is 16.9 Å². The third-order valence-electron chi connectivity index (χ3n) is 1.32. The highest BCUT2D eigenvalue weighted by Crippen LogP contribution is 1.89. The Labute approximate surface area is 73.4 Å². The molecule has 0 aromatic rings. The molecule has 4 heteroatoms. The second-order valence-corrected chi connectivity index (χ2v) is 2.57. The van der Waals surface area contributed by atoms with Gasteiger partial charge in [-0.2, -0.15) is 0 Å². The van der Waals surface area contributed by atoms with Gasteiger partial charge in [0.05, 0.1) is 6.61 Å². The minimum absolute atomic E-state index is 0.154. The minimum Gasteiger partial charge on any atom is -0.400 e. The molecule has 0 saturated heterocycles. The van der Waals surface area contributed by atoms with E-state index in [1.54, 1.807) is 12.4 Å². The fraction of sp³-hybridized carbons (Fsp3) is 0.625. The second-order valence-electron chi connectivity index (χ2n) is 2.57. The molecule has 0 saturated carbocycles. The predicted molar refractivity (Wildman–Crippen MR) is 51.0 cm³/mol. The van der Waals surface area contributed by atoms with Gasteiger partial charge < -0.3 is 10.8 Å². The summed E-state index contributed by atoms with van der Waals surface area (Å²) in [5, 5.41) is 8.59. The van der Waals surface area contributed by atoms with E-state index in [2.05, 4.69) is 4.99 Å². The SMILES string of the molecule is CC=N/C=C(\N)CN(C)CCO. The minimum atomic E-state index is 0.154. The number of hydrogen-bond acceptors (Lipinski definition) is 4. The van der Waals surface area contributed by atoms with Crippen molar-refractivity contribution in [1.29, 1.82) is 0 Å². The zero-order valence-electron chi connectivity index (χ0n) is 7.70. The van der Waals surface area contributed by atoms with Crippen LogP contribution in [-0.2, 0) is 0 Å². The Hall–Kier alpha value is -0.870. The first-order chi connectivity index (χ1) is 5.70. The highest BCUT2D eigenvalue weighted by molar-refractivity contribution is 5.54. The maximum Gasteiger partial charge on any atom is 0.0558 e. The van der Waals surface area contributed by atoms with Crippen molar-refractivity contribution in [3.8, 4) is 0 Å². The van der Waals surface area contributed by atoms with Crippen LogP contribution in [0.1, 0.15) is 6.92 Å². The molecule has 0 radical (unpaired) electrons. The van der Waals surface area contributed by atoms with Gasteiger partial charge in [0.1, 0.15) is 0 Å². The van der Waals surface area contributed by atoms with Crippen LogP contribution in [0.25, 0.3) is 0 Å². The van der Waals surface area contributed by atoms with Gasteiger partial charge in [-0.3, -0.25) is 9.89 Å². The Morgan fingerprint density at radius 2 is 2.33 bits per heavy atom. The van der Waals surface area contributed by atoms with Crippen LogP contribution < -0.4 is 5.73 Å². The maximum absolute atomic E-state index is 8.59. The molecule has 4 nitrogen and oxygen atoms in total. The Morgan fingerprint density at radius 3 is 2.83 bits per heavy atom. The van der Waals surface area contributed by atoms with E-state index in [0.717, 1.165) is 0 Å². The summed E-state index contributed by atoms with van der Waals surface area (Å²) in [4.78, 5) is 5.81. The highest BCUT2D eigenvalue weighted by Gasteiger charge is 1.97. The fourth-order valence-corrected chi connectivity index (χ4v) is 0.773. The topological polar surface area (TPSA) is 61.8 Å². The van der Waals surface area contributed by atoms with Gasteiger partial charge in [-0.25, -0.2) is 0 Å². The van der Waals surface area contributed by atoms with E-state index in [1.165, 1.54) is 0 Å². The van der Waals surface area contributed by atoms with Gasteiger partial charge in [0.2, 0.25) is 0 Å². The van der Waals surface area contributed by atoms with E-state index >= 15 is 0 Å². The number of aliphatic hydroxyl groups excluding tert-OH is 1. The number of hydrogen-bond donors (Lipinski definition) is 2. The molecule has 3 N–H and O–H groups in total. The zero-order chi connectivity index (χ0) is 9.40. The number of aliphatic imine (C=N–C) groups is 1. The Bertz CT molecular complexity index is 166. The third kappa shape index (κ3) is 5.88. The fourth-order valence-electron chi connectivity index (χ4n) is 0.773. The summed E-state index contributed by atoms with van der Waals surface area (Å²) in [5.41, 5.74) is 6.31. The van der Waals surface area contributed by atoms with E-state index in [1.807, 2.05) is 18.9 Å². The first-order valence-corrected chi connectivity index (χ1v) is 3.92. The van der Waals surface area contributed by atoms with Crippen molar-refractivity contribution in [3.05, 3.63) is 11.9 Å². The smallest absolute Gasteiger partial charge is 0.0558 e. The molecule has 0 aromatic carbocycles. The van der Waals surface area contributed by atoms with Crippen molar-refractivity contribution in [2.75, 3.05) is 26.7 Å². The summed E-state index contributed by atoms with van der Waals surface area (Å²) in [7, 11) is 1.90. The monoisotopic (exact) mass is 171 g/mol. The predicted octanol–water partition coefficient (Wildman–Crippen LogP) is -0.199. The second kappa shape index (κ2) is 6.82. The first-order valence-electron chi connectivity index (χ1n) is 3.92. The summed E-state index contributed by atoms with van der Waals surface area (Å²) in [6.45, 7) is 3.25. The lowest BCUT2D eigenvalue weighted by atomic mass is 10.4. The number of aliphatic hydroxyl groups is 1. The van der Waals surface area contributed by atoms with Crippen molar-refractivity contribution in [3.63, 3.8) is 0 Å². The van der Waals surface area contributed by atoms with Gasteiger partial charge in [0.25, 0.3) is 0 Å². The molecule has 0 rings (SSSR count). The average Bonchev–Trinajstić information content (AvgIpc) is 2.01. The van der Waals surface area contributed by atoms with Crippen molar-refractivity contribution < 1.29 is 5.11 Å². The van der Waals surface area contributed by atoms with Crippen molar-refractivity contribution >= 4 is 6.21 Å². The molecule has 0 bridgehead atoms. The zero-order valence-corrected chi connectivity index (χ0v) is 7.70. The van der Waals surface area contributed by atoms with Crippen molar-refractivity contribution in [1.82, 2.24) is 4.90 Å². The van der Waals surface area contributed by atoms with Crippen LogP contribution in [0.2, 0.25) is 0 Å². The molecule has 0 aliphatic carbocycles. The largest absolute Gasteiger partial charge is 0.400 e. The van der Waals surface area contributed by atoms with Gasteiger partial charge in [0, 0.05) is 31.2 Å². The average molecular weight is 171 g/mol. The molecule has 0 fully saturated rings. The van der Waals surface area contributed by atoms with Crippen LogP contribution in [0.3, 0.4) is 0 Å².